The van der Waals surface area contributed by atoms with Gasteiger partial charge in [0.05, 0.1) is 17.8 Å². The summed E-state index contributed by atoms with van der Waals surface area (Å²) >= 11 is 0. The zero-order valence-corrected chi connectivity index (χ0v) is 14.1. The lowest BCUT2D eigenvalue weighted by Crippen LogP contribution is -2.38. The molecule has 12 heteroatoms. The molecule has 1 aromatic heterocycles. The normalized spacial score (nSPS) is 15.4. The minimum Gasteiger partial charge on any atom is -0.263 e. The number of alkyl halides is 3. The molecule has 4 amide bonds. The average Bonchev–Trinajstić information content (AvgIpc) is 3.13. The largest absolute Gasteiger partial charge is 0.416 e. The third kappa shape index (κ3) is 3.25. The molecule has 2 aromatic rings. The smallest absolute Gasteiger partial charge is 0.263 e. The number of aromatic nitrogens is 4. The first kappa shape index (κ1) is 18.5. The fourth-order valence-electron chi connectivity index (χ4n) is 2.56. The predicted octanol–water partition coefficient (Wildman–Crippen LogP) is 1.38. The van der Waals surface area contributed by atoms with Gasteiger partial charge in [-0.2, -0.15) is 17.9 Å². The van der Waals surface area contributed by atoms with Crippen molar-refractivity contribution in [1.29, 1.82) is 0 Å². The van der Waals surface area contributed by atoms with Gasteiger partial charge in [0.15, 0.2) is 5.82 Å². The second-order valence-electron chi connectivity index (χ2n) is 5.99. The summed E-state index contributed by atoms with van der Waals surface area (Å²) in [7, 11) is 0. The van der Waals surface area contributed by atoms with Crippen LogP contribution in [-0.2, 0) is 22.3 Å². The van der Waals surface area contributed by atoms with Crippen molar-refractivity contribution in [3.8, 4) is 5.69 Å². The summed E-state index contributed by atoms with van der Waals surface area (Å²) in [5, 5.41) is 10.8. The molecule has 1 aliphatic heterocycles. The van der Waals surface area contributed by atoms with Gasteiger partial charge in [-0.15, -0.1) is 5.10 Å². The SMILES string of the molecule is CC(C)N1C(=O)C(=O)N(Cc2nnnn2-c2ccc(C(F)(F)F)cc2)C1=O. The fraction of sp³-hybridized carbons (Fsp3) is 0.333. The van der Waals surface area contributed by atoms with Crippen molar-refractivity contribution < 1.29 is 27.6 Å². The van der Waals surface area contributed by atoms with Gasteiger partial charge in [0.25, 0.3) is 0 Å². The van der Waals surface area contributed by atoms with Gasteiger partial charge in [0, 0.05) is 6.04 Å². The molecule has 0 aliphatic carbocycles. The van der Waals surface area contributed by atoms with Crippen molar-refractivity contribution >= 4 is 17.8 Å². The topological polar surface area (TPSA) is 101 Å². The molecule has 1 fully saturated rings. The molecule has 0 spiro atoms. The van der Waals surface area contributed by atoms with Crippen LogP contribution < -0.4 is 0 Å². The van der Waals surface area contributed by atoms with Crippen LogP contribution >= 0.6 is 0 Å². The monoisotopic (exact) mass is 382 g/mol. The Hall–Kier alpha value is -3.31. The Morgan fingerprint density at radius 3 is 2.19 bits per heavy atom. The van der Waals surface area contributed by atoms with E-state index in [4.69, 9.17) is 0 Å². The Bertz CT molecular complexity index is 906. The first-order valence-electron chi connectivity index (χ1n) is 7.75. The van der Waals surface area contributed by atoms with Crippen LogP contribution in [0.3, 0.4) is 0 Å². The fourth-order valence-corrected chi connectivity index (χ4v) is 2.56. The number of benzene rings is 1. The summed E-state index contributed by atoms with van der Waals surface area (Å²) in [4.78, 5) is 37.8. The van der Waals surface area contributed by atoms with Crippen LogP contribution in [0.1, 0.15) is 25.2 Å². The Kier molecular flexibility index (Phi) is 4.41. The zero-order valence-electron chi connectivity index (χ0n) is 14.1. The molecule has 1 aliphatic rings. The van der Waals surface area contributed by atoms with E-state index < -0.39 is 42.2 Å². The number of imide groups is 2. The number of amides is 4. The van der Waals surface area contributed by atoms with Crippen LogP contribution in [0, 0.1) is 0 Å². The summed E-state index contributed by atoms with van der Waals surface area (Å²) in [6.07, 6.45) is -4.49. The van der Waals surface area contributed by atoms with Crippen molar-refractivity contribution in [3.05, 3.63) is 35.7 Å². The Morgan fingerprint density at radius 1 is 1.04 bits per heavy atom. The summed E-state index contributed by atoms with van der Waals surface area (Å²) in [5.74, 6) is -1.96. The molecule has 2 heterocycles. The van der Waals surface area contributed by atoms with Crippen molar-refractivity contribution in [2.45, 2.75) is 32.6 Å². The highest BCUT2D eigenvalue weighted by atomic mass is 19.4. The molecule has 1 saturated heterocycles. The van der Waals surface area contributed by atoms with E-state index in [1.165, 1.54) is 0 Å². The second-order valence-corrected chi connectivity index (χ2v) is 5.99. The first-order chi connectivity index (χ1) is 12.6. The van der Waals surface area contributed by atoms with Gasteiger partial charge in [-0.05, 0) is 48.5 Å². The molecular formula is C15H13F3N6O3. The lowest BCUT2D eigenvalue weighted by Gasteiger charge is -2.18. The van der Waals surface area contributed by atoms with Crippen molar-refractivity contribution in [3.63, 3.8) is 0 Å². The highest BCUT2D eigenvalue weighted by molar-refractivity contribution is 6.44. The van der Waals surface area contributed by atoms with Crippen LogP contribution in [0.2, 0.25) is 0 Å². The highest BCUT2D eigenvalue weighted by Gasteiger charge is 2.46. The quantitative estimate of drug-likeness (QED) is 0.585. The maximum atomic E-state index is 12.7. The molecule has 9 nitrogen and oxygen atoms in total. The van der Waals surface area contributed by atoms with E-state index >= 15 is 0 Å². The number of tetrazole rings is 1. The van der Waals surface area contributed by atoms with E-state index in [-0.39, 0.29) is 11.5 Å². The van der Waals surface area contributed by atoms with Crippen molar-refractivity contribution in [1.82, 2.24) is 30.0 Å². The van der Waals surface area contributed by atoms with Gasteiger partial charge < -0.3 is 0 Å². The standard InChI is InChI=1S/C15H13F3N6O3/c1-8(2)23-13(26)12(25)22(14(23)27)7-11-19-20-21-24(11)10-5-3-9(4-6-10)15(16,17)18/h3-6,8H,7H2,1-2H3. The molecule has 3 rings (SSSR count). The maximum Gasteiger partial charge on any atom is 0.416 e. The number of carbonyl (C=O) groups excluding carboxylic acids is 3. The molecule has 142 valence electrons. The average molecular weight is 382 g/mol. The summed E-state index contributed by atoms with van der Waals surface area (Å²) in [6, 6.07) is 2.71. The van der Waals surface area contributed by atoms with E-state index in [2.05, 4.69) is 15.5 Å². The molecule has 1 aromatic carbocycles. The van der Waals surface area contributed by atoms with Gasteiger partial charge in [0.1, 0.15) is 0 Å². The van der Waals surface area contributed by atoms with Crippen LogP contribution in [0.4, 0.5) is 18.0 Å². The van der Waals surface area contributed by atoms with Gasteiger partial charge in [-0.25, -0.2) is 9.69 Å². The van der Waals surface area contributed by atoms with Crippen LogP contribution in [0.15, 0.2) is 24.3 Å². The maximum absolute atomic E-state index is 12.7. The van der Waals surface area contributed by atoms with Crippen molar-refractivity contribution in [2.75, 3.05) is 0 Å². The highest BCUT2D eigenvalue weighted by Crippen LogP contribution is 2.29. The van der Waals surface area contributed by atoms with Crippen LogP contribution in [0.25, 0.3) is 5.69 Å². The van der Waals surface area contributed by atoms with E-state index in [0.717, 1.165) is 33.8 Å². The van der Waals surface area contributed by atoms with E-state index in [0.29, 0.717) is 4.90 Å². The summed E-state index contributed by atoms with van der Waals surface area (Å²) in [5.41, 5.74) is -0.641. The first-order valence-corrected chi connectivity index (χ1v) is 7.75. The molecular weight excluding hydrogens is 369 g/mol. The summed E-state index contributed by atoms with van der Waals surface area (Å²) in [6.45, 7) is 2.76. The minimum atomic E-state index is -4.49. The Labute approximate surface area is 150 Å². The van der Waals surface area contributed by atoms with Gasteiger partial charge in [-0.3, -0.25) is 14.5 Å². The molecule has 0 unspecified atom stereocenters. The van der Waals surface area contributed by atoms with Gasteiger partial charge in [-0.1, -0.05) is 0 Å². The molecule has 0 radical (unpaired) electrons. The lowest BCUT2D eigenvalue weighted by atomic mass is 10.2. The van der Waals surface area contributed by atoms with E-state index in [1.54, 1.807) is 13.8 Å². The minimum absolute atomic E-state index is 0.00913. The number of nitrogens with zero attached hydrogens (tertiary/aromatic N) is 6. The molecule has 0 bridgehead atoms. The van der Waals surface area contributed by atoms with Crippen molar-refractivity contribution in [2.24, 2.45) is 0 Å². The van der Waals surface area contributed by atoms with E-state index in [9.17, 15) is 27.6 Å². The Morgan fingerprint density at radius 2 is 1.67 bits per heavy atom. The van der Waals surface area contributed by atoms with Crippen LogP contribution in [0.5, 0.6) is 0 Å². The molecule has 27 heavy (non-hydrogen) atoms. The third-order valence-electron chi connectivity index (χ3n) is 3.87. The number of rotatable bonds is 4. The number of carbonyl (C=O) groups is 3. The lowest BCUT2D eigenvalue weighted by molar-refractivity contribution is -0.144. The molecule has 0 atom stereocenters. The third-order valence-corrected chi connectivity index (χ3v) is 3.87. The zero-order chi connectivity index (χ0) is 19.9. The van der Waals surface area contributed by atoms with Gasteiger partial charge >= 0.3 is 24.0 Å². The molecule has 0 N–H and O–H groups in total. The Balaban J connectivity index is 1.87. The predicted molar refractivity (Wildman–Crippen MR) is 82.1 cm³/mol. The molecule has 0 saturated carbocycles. The van der Waals surface area contributed by atoms with Gasteiger partial charge in [0.2, 0.25) is 0 Å². The van der Waals surface area contributed by atoms with Crippen LogP contribution in [-0.4, -0.2) is 53.9 Å². The summed E-state index contributed by atoms with van der Waals surface area (Å²) < 4.78 is 39.1. The van der Waals surface area contributed by atoms with E-state index in [1.807, 2.05) is 0 Å². The number of hydrogen-bond donors (Lipinski definition) is 0. The number of urea groups is 1. The number of hydrogen-bond acceptors (Lipinski definition) is 6. The second kappa shape index (κ2) is 6.45. The number of halogens is 3.